The summed E-state index contributed by atoms with van der Waals surface area (Å²) in [6.45, 7) is 3.09. The van der Waals surface area contributed by atoms with Crippen molar-refractivity contribution in [1.29, 1.82) is 0 Å². The van der Waals surface area contributed by atoms with Gasteiger partial charge < -0.3 is 10.2 Å². The van der Waals surface area contributed by atoms with Crippen molar-refractivity contribution < 1.29 is 0 Å². The topological polar surface area (TPSA) is 27.6 Å². The third-order valence-electron chi connectivity index (χ3n) is 3.20. The molecular formula is C12H14ClN3. The van der Waals surface area contributed by atoms with E-state index in [2.05, 4.69) is 15.2 Å². The fourth-order valence-electron chi connectivity index (χ4n) is 2.40. The molecule has 1 saturated heterocycles. The van der Waals surface area contributed by atoms with Crippen LogP contribution in [0.2, 0.25) is 5.02 Å². The standard InChI is InChI=1S/C12H14ClN3/c13-9-1-2-11-12(7-9)16-6-5-14-8-10(16)3-4-15-11/h1-2,4,7,10,14H,3,5-6,8H2. The third kappa shape index (κ3) is 1.70. The van der Waals surface area contributed by atoms with Gasteiger partial charge in [-0.05, 0) is 18.2 Å². The lowest BCUT2D eigenvalue weighted by Gasteiger charge is -2.37. The van der Waals surface area contributed by atoms with Crippen LogP contribution < -0.4 is 10.2 Å². The summed E-state index contributed by atoms with van der Waals surface area (Å²) in [4.78, 5) is 6.92. The Hall–Kier alpha value is -1.06. The Balaban J connectivity index is 2.06. The van der Waals surface area contributed by atoms with Gasteiger partial charge in [0.1, 0.15) is 0 Å². The predicted octanol–water partition coefficient (Wildman–Crippen LogP) is 2.22. The monoisotopic (exact) mass is 235 g/mol. The molecule has 1 unspecified atom stereocenters. The zero-order valence-electron chi connectivity index (χ0n) is 8.99. The van der Waals surface area contributed by atoms with Crippen LogP contribution in [0.25, 0.3) is 0 Å². The molecule has 1 aromatic rings. The van der Waals surface area contributed by atoms with Gasteiger partial charge in [-0.1, -0.05) is 11.6 Å². The van der Waals surface area contributed by atoms with Crippen LogP contribution in [0.3, 0.4) is 0 Å². The molecule has 2 aliphatic rings. The van der Waals surface area contributed by atoms with E-state index in [1.54, 1.807) is 0 Å². The van der Waals surface area contributed by atoms with Crippen molar-refractivity contribution in [2.75, 3.05) is 24.5 Å². The zero-order chi connectivity index (χ0) is 11.0. The van der Waals surface area contributed by atoms with Gasteiger partial charge in [0.2, 0.25) is 0 Å². The summed E-state index contributed by atoms with van der Waals surface area (Å²) in [5, 5.41) is 4.21. The van der Waals surface area contributed by atoms with Gasteiger partial charge in [0.15, 0.2) is 0 Å². The number of fused-ring (bicyclic) bond motifs is 3. The minimum atomic E-state index is 0.511. The largest absolute Gasteiger partial charge is 0.364 e. The van der Waals surface area contributed by atoms with Crippen molar-refractivity contribution >= 4 is 29.2 Å². The molecule has 84 valence electrons. The van der Waals surface area contributed by atoms with Gasteiger partial charge in [-0.2, -0.15) is 0 Å². The summed E-state index contributed by atoms with van der Waals surface area (Å²) < 4.78 is 0. The maximum atomic E-state index is 6.07. The highest BCUT2D eigenvalue weighted by molar-refractivity contribution is 6.31. The van der Waals surface area contributed by atoms with Crippen molar-refractivity contribution in [2.24, 2.45) is 4.99 Å². The minimum Gasteiger partial charge on any atom is -0.364 e. The first-order valence-corrected chi connectivity index (χ1v) is 6.02. The molecule has 3 nitrogen and oxygen atoms in total. The zero-order valence-corrected chi connectivity index (χ0v) is 9.74. The van der Waals surface area contributed by atoms with Gasteiger partial charge in [-0.15, -0.1) is 0 Å². The summed E-state index contributed by atoms with van der Waals surface area (Å²) >= 11 is 6.07. The van der Waals surface area contributed by atoms with Crippen molar-refractivity contribution in [3.05, 3.63) is 23.2 Å². The van der Waals surface area contributed by atoms with E-state index in [0.29, 0.717) is 6.04 Å². The molecular weight excluding hydrogens is 222 g/mol. The fourth-order valence-corrected chi connectivity index (χ4v) is 2.56. The summed E-state index contributed by atoms with van der Waals surface area (Å²) in [6, 6.07) is 6.44. The van der Waals surface area contributed by atoms with Crippen molar-refractivity contribution in [3.8, 4) is 0 Å². The maximum absolute atomic E-state index is 6.07. The number of anilines is 1. The smallest absolute Gasteiger partial charge is 0.0860 e. The maximum Gasteiger partial charge on any atom is 0.0860 e. The Bertz CT molecular complexity index is 430. The van der Waals surface area contributed by atoms with E-state index in [-0.39, 0.29) is 0 Å². The highest BCUT2D eigenvalue weighted by Crippen LogP contribution is 2.35. The Kier molecular flexibility index (Phi) is 2.58. The van der Waals surface area contributed by atoms with Gasteiger partial charge in [-0.25, -0.2) is 0 Å². The molecule has 0 aliphatic carbocycles. The highest BCUT2D eigenvalue weighted by Gasteiger charge is 2.25. The lowest BCUT2D eigenvalue weighted by Crippen LogP contribution is -2.51. The van der Waals surface area contributed by atoms with Gasteiger partial charge in [0.05, 0.1) is 11.4 Å². The summed E-state index contributed by atoms with van der Waals surface area (Å²) in [5.41, 5.74) is 2.21. The molecule has 0 bridgehead atoms. The molecule has 1 atom stereocenters. The second-order valence-corrected chi connectivity index (χ2v) is 4.67. The van der Waals surface area contributed by atoms with Gasteiger partial charge >= 0.3 is 0 Å². The van der Waals surface area contributed by atoms with Crippen LogP contribution in [0, 0.1) is 0 Å². The first-order valence-electron chi connectivity index (χ1n) is 5.64. The van der Waals surface area contributed by atoms with Gasteiger partial charge in [0.25, 0.3) is 0 Å². The summed E-state index contributed by atoms with van der Waals surface area (Å²) in [7, 11) is 0. The van der Waals surface area contributed by atoms with Crippen LogP contribution in [0.1, 0.15) is 6.42 Å². The number of hydrogen-bond donors (Lipinski definition) is 1. The molecule has 1 fully saturated rings. The van der Waals surface area contributed by atoms with E-state index >= 15 is 0 Å². The Morgan fingerprint density at radius 1 is 1.44 bits per heavy atom. The second kappa shape index (κ2) is 4.07. The van der Waals surface area contributed by atoms with Gasteiger partial charge in [0, 0.05) is 43.3 Å². The molecule has 1 N–H and O–H groups in total. The Morgan fingerprint density at radius 3 is 3.31 bits per heavy atom. The van der Waals surface area contributed by atoms with Gasteiger partial charge in [-0.3, -0.25) is 4.99 Å². The van der Waals surface area contributed by atoms with E-state index in [9.17, 15) is 0 Å². The molecule has 0 amide bonds. The average molecular weight is 236 g/mol. The number of nitrogens with one attached hydrogen (secondary N) is 1. The summed E-state index contributed by atoms with van der Waals surface area (Å²) in [6.07, 6.45) is 3.02. The lowest BCUT2D eigenvalue weighted by atomic mass is 10.1. The van der Waals surface area contributed by atoms with Crippen LogP contribution in [-0.2, 0) is 0 Å². The SMILES string of the molecule is Clc1ccc2c(c1)N1CCNCC1CC=N2. The Morgan fingerprint density at radius 2 is 2.38 bits per heavy atom. The normalized spacial score (nSPS) is 23.6. The number of piperazine rings is 1. The summed E-state index contributed by atoms with van der Waals surface area (Å²) in [5.74, 6) is 0. The molecule has 0 radical (unpaired) electrons. The number of aliphatic imine (C=N–C) groups is 1. The molecule has 1 aromatic carbocycles. The van der Waals surface area contributed by atoms with Crippen molar-refractivity contribution in [2.45, 2.75) is 12.5 Å². The molecule has 16 heavy (non-hydrogen) atoms. The van der Waals surface area contributed by atoms with E-state index < -0.39 is 0 Å². The minimum absolute atomic E-state index is 0.511. The van der Waals surface area contributed by atoms with E-state index in [0.717, 1.165) is 36.8 Å². The molecule has 4 heteroatoms. The second-order valence-electron chi connectivity index (χ2n) is 4.23. The highest BCUT2D eigenvalue weighted by atomic mass is 35.5. The Labute approximate surface area is 100 Å². The number of rotatable bonds is 0. The first-order chi connectivity index (χ1) is 7.84. The molecule has 0 saturated carbocycles. The molecule has 2 aliphatic heterocycles. The fraction of sp³-hybridized carbons (Fsp3) is 0.417. The van der Waals surface area contributed by atoms with E-state index in [1.807, 2.05) is 24.4 Å². The predicted molar refractivity (Wildman–Crippen MR) is 68.2 cm³/mol. The number of nitrogens with zero attached hydrogens (tertiary/aromatic N) is 2. The van der Waals surface area contributed by atoms with Crippen LogP contribution >= 0.6 is 11.6 Å². The van der Waals surface area contributed by atoms with Crippen molar-refractivity contribution in [1.82, 2.24) is 5.32 Å². The molecule has 2 heterocycles. The number of halogens is 1. The van der Waals surface area contributed by atoms with E-state index in [1.165, 1.54) is 5.69 Å². The van der Waals surface area contributed by atoms with Crippen LogP contribution in [-0.4, -0.2) is 31.9 Å². The lowest BCUT2D eigenvalue weighted by molar-refractivity contribution is 0.489. The van der Waals surface area contributed by atoms with Crippen LogP contribution in [0.4, 0.5) is 11.4 Å². The third-order valence-corrected chi connectivity index (χ3v) is 3.44. The molecule has 0 aromatic heterocycles. The molecule has 0 spiro atoms. The average Bonchev–Trinajstić information content (AvgIpc) is 2.48. The van der Waals surface area contributed by atoms with Crippen LogP contribution in [0.15, 0.2) is 23.2 Å². The van der Waals surface area contributed by atoms with Crippen LogP contribution in [0.5, 0.6) is 0 Å². The quantitative estimate of drug-likeness (QED) is 0.747. The van der Waals surface area contributed by atoms with E-state index in [4.69, 9.17) is 11.6 Å². The van der Waals surface area contributed by atoms with Crippen molar-refractivity contribution in [3.63, 3.8) is 0 Å². The number of hydrogen-bond acceptors (Lipinski definition) is 3. The molecule has 3 rings (SSSR count). The number of benzene rings is 1. The first kappa shape index (κ1) is 10.1.